The fourth-order valence-corrected chi connectivity index (χ4v) is 5.81. The van der Waals surface area contributed by atoms with E-state index >= 15 is 0 Å². The number of aldehydes is 1. The van der Waals surface area contributed by atoms with Gasteiger partial charge in [0.25, 0.3) is 0 Å². The van der Waals surface area contributed by atoms with E-state index in [-0.39, 0.29) is 10.8 Å². The molecule has 3 rings (SSSR count). The minimum atomic E-state index is -3.68. The summed E-state index contributed by atoms with van der Waals surface area (Å²) in [4.78, 5) is 12.2. The van der Waals surface area contributed by atoms with E-state index in [1.165, 1.54) is 6.42 Å². The monoisotopic (exact) mass is 335 g/mol. The molecule has 0 spiro atoms. The van der Waals surface area contributed by atoms with Gasteiger partial charge in [0.15, 0.2) is 0 Å². The standard InChI is InChI=1S/C18H25NO3S/c1-14-8-10-16(11-9-14)23(21,22)19-18(13-20)12-4-6-15-5-2-3-7-17(15)18/h8-11,13,15,17,19H,2-7,12H2,1H3/t15-,17-,18+/m0/s1. The Morgan fingerprint density at radius 2 is 1.74 bits per heavy atom. The van der Waals surface area contributed by atoms with Crippen LogP contribution in [-0.2, 0) is 14.8 Å². The van der Waals surface area contributed by atoms with Crippen LogP contribution in [-0.4, -0.2) is 20.2 Å². The van der Waals surface area contributed by atoms with Gasteiger partial charge in [0.05, 0.1) is 10.4 Å². The molecule has 1 aromatic rings. The quantitative estimate of drug-likeness (QED) is 0.860. The van der Waals surface area contributed by atoms with Gasteiger partial charge in [-0.2, -0.15) is 4.72 Å². The van der Waals surface area contributed by atoms with Gasteiger partial charge in [-0.05, 0) is 43.7 Å². The molecule has 0 amide bonds. The van der Waals surface area contributed by atoms with Crippen LogP contribution in [0.25, 0.3) is 0 Å². The molecule has 126 valence electrons. The minimum Gasteiger partial charge on any atom is -0.301 e. The molecule has 2 aliphatic rings. The fourth-order valence-electron chi connectivity index (χ4n) is 4.40. The van der Waals surface area contributed by atoms with Crippen molar-refractivity contribution in [3.05, 3.63) is 29.8 Å². The number of nitrogens with one attached hydrogen (secondary N) is 1. The summed E-state index contributed by atoms with van der Waals surface area (Å²) in [7, 11) is -3.68. The summed E-state index contributed by atoms with van der Waals surface area (Å²) in [6.45, 7) is 1.92. The van der Waals surface area contributed by atoms with E-state index in [4.69, 9.17) is 0 Å². The SMILES string of the molecule is Cc1ccc(S(=O)(=O)N[C@@]2(C=O)CCC[C@@H]3CCCC[C@@H]32)cc1. The molecule has 2 saturated carbocycles. The molecule has 0 unspecified atom stereocenters. The van der Waals surface area contributed by atoms with Crippen molar-refractivity contribution < 1.29 is 13.2 Å². The van der Waals surface area contributed by atoms with Gasteiger partial charge < -0.3 is 4.79 Å². The summed E-state index contributed by atoms with van der Waals surface area (Å²) in [6, 6.07) is 6.79. The third-order valence-electron chi connectivity index (χ3n) is 5.60. The number of carbonyl (C=O) groups excluding carboxylic acids is 1. The molecular formula is C18H25NO3S. The number of carbonyl (C=O) groups is 1. The third kappa shape index (κ3) is 3.22. The minimum absolute atomic E-state index is 0.141. The fraction of sp³-hybridized carbons (Fsp3) is 0.611. The van der Waals surface area contributed by atoms with Gasteiger partial charge >= 0.3 is 0 Å². The molecule has 2 fully saturated rings. The first-order chi connectivity index (χ1) is 11.0. The van der Waals surface area contributed by atoms with Crippen molar-refractivity contribution in [1.82, 2.24) is 4.72 Å². The summed E-state index contributed by atoms with van der Waals surface area (Å²) in [6.07, 6.45) is 7.86. The lowest BCUT2D eigenvalue weighted by molar-refractivity contribution is -0.118. The van der Waals surface area contributed by atoms with E-state index in [2.05, 4.69) is 4.72 Å². The number of aryl methyl sites for hydroxylation is 1. The van der Waals surface area contributed by atoms with Gasteiger partial charge in [-0.25, -0.2) is 8.42 Å². The average molecular weight is 335 g/mol. The largest absolute Gasteiger partial charge is 0.301 e. The first-order valence-electron chi connectivity index (χ1n) is 8.54. The number of sulfonamides is 1. The first kappa shape index (κ1) is 16.7. The van der Waals surface area contributed by atoms with Gasteiger partial charge in [0.2, 0.25) is 10.0 Å². The van der Waals surface area contributed by atoms with Gasteiger partial charge in [-0.1, -0.05) is 49.8 Å². The van der Waals surface area contributed by atoms with Crippen LogP contribution in [0.1, 0.15) is 50.5 Å². The highest BCUT2D eigenvalue weighted by Gasteiger charge is 2.48. The van der Waals surface area contributed by atoms with Gasteiger partial charge in [-0.15, -0.1) is 0 Å². The van der Waals surface area contributed by atoms with E-state index in [0.29, 0.717) is 12.3 Å². The Bertz CT molecular complexity index is 666. The molecule has 0 radical (unpaired) electrons. The van der Waals surface area contributed by atoms with Crippen LogP contribution in [0, 0.1) is 18.8 Å². The van der Waals surface area contributed by atoms with Gasteiger partial charge in [0, 0.05) is 0 Å². The molecule has 5 heteroatoms. The zero-order valence-electron chi connectivity index (χ0n) is 13.6. The molecule has 1 aromatic carbocycles. The third-order valence-corrected chi connectivity index (χ3v) is 7.14. The number of hydrogen-bond donors (Lipinski definition) is 1. The molecule has 23 heavy (non-hydrogen) atoms. The molecule has 0 heterocycles. The molecule has 3 atom stereocenters. The van der Waals surface area contributed by atoms with Crippen molar-refractivity contribution in [3.8, 4) is 0 Å². The molecule has 0 saturated heterocycles. The van der Waals surface area contributed by atoms with E-state index in [9.17, 15) is 13.2 Å². The average Bonchev–Trinajstić information content (AvgIpc) is 2.55. The van der Waals surface area contributed by atoms with Crippen molar-refractivity contribution >= 4 is 16.3 Å². The van der Waals surface area contributed by atoms with Crippen molar-refractivity contribution in [2.24, 2.45) is 11.8 Å². The maximum Gasteiger partial charge on any atom is 0.241 e. The summed E-state index contributed by atoms with van der Waals surface area (Å²) < 4.78 is 28.4. The lowest BCUT2D eigenvalue weighted by Gasteiger charge is -2.47. The molecule has 2 aliphatic carbocycles. The van der Waals surface area contributed by atoms with Crippen molar-refractivity contribution in [2.75, 3.05) is 0 Å². The van der Waals surface area contributed by atoms with Crippen LogP contribution in [0.2, 0.25) is 0 Å². The second-order valence-electron chi connectivity index (χ2n) is 7.12. The van der Waals surface area contributed by atoms with Crippen molar-refractivity contribution in [2.45, 2.75) is 62.3 Å². The Labute approximate surface area is 138 Å². The maximum atomic E-state index is 12.8. The van der Waals surface area contributed by atoms with E-state index in [0.717, 1.165) is 44.0 Å². The lowest BCUT2D eigenvalue weighted by Crippen LogP contribution is -2.59. The van der Waals surface area contributed by atoms with Crippen molar-refractivity contribution in [3.63, 3.8) is 0 Å². The van der Waals surface area contributed by atoms with Gasteiger partial charge in [-0.3, -0.25) is 0 Å². The molecule has 1 N–H and O–H groups in total. The van der Waals surface area contributed by atoms with Crippen LogP contribution in [0.5, 0.6) is 0 Å². The Balaban J connectivity index is 1.91. The number of fused-ring (bicyclic) bond motifs is 1. The second-order valence-corrected chi connectivity index (χ2v) is 8.80. The van der Waals surface area contributed by atoms with Crippen LogP contribution in [0.15, 0.2) is 29.2 Å². The highest BCUT2D eigenvalue weighted by molar-refractivity contribution is 7.89. The lowest BCUT2D eigenvalue weighted by atomic mass is 9.62. The number of hydrogen-bond acceptors (Lipinski definition) is 3. The molecule has 0 aromatic heterocycles. The number of benzene rings is 1. The van der Waals surface area contributed by atoms with E-state index in [1.54, 1.807) is 24.3 Å². The topological polar surface area (TPSA) is 63.2 Å². The number of rotatable bonds is 4. The molecule has 0 aliphatic heterocycles. The van der Waals surface area contributed by atoms with Crippen molar-refractivity contribution in [1.29, 1.82) is 0 Å². The predicted molar refractivity (Wildman–Crippen MR) is 89.6 cm³/mol. The Morgan fingerprint density at radius 3 is 2.43 bits per heavy atom. The van der Waals surface area contributed by atoms with Gasteiger partial charge in [0.1, 0.15) is 6.29 Å². The Morgan fingerprint density at radius 1 is 1.09 bits per heavy atom. The summed E-state index contributed by atoms with van der Waals surface area (Å²) in [5.41, 5.74) is 0.0895. The highest BCUT2D eigenvalue weighted by atomic mass is 32.2. The van der Waals surface area contributed by atoms with Crippen LogP contribution in [0.4, 0.5) is 0 Å². The molecular weight excluding hydrogens is 310 g/mol. The molecule has 0 bridgehead atoms. The molecule has 4 nitrogen and oxygen atoms in total. The zero-order chi connectivity index (χ0) is 16.5. The van der Waals surface area contributed by atoms with E-state index in [1.807, 2.05) is 6.92 Å². The smallest absolute Gasteiger partial charge is 0.241 e. The van der Waals surface area contributed by atoms with Crippen LogP contribution < -0.4 is 4.72 Å². The van der Waals surface area contributed by atoms with Crippen LogP contribution in [0.3, 0.4) is 0 Å². The normalized spacial score (nSPS) is 31.3. The van der Waals surface area contributed by atoms with Crippen LogP contribution >= 0.6 is 0 Å². The zero-order valence-corrected chi connectivity index (χ0v) is 14.4. The second kappa shape index (κ2) is 6.36. The predicted octanol–water partition coefficient (Wildman–Crippen LogP) is 3.20. The Hall–Kier alpha value is -1.20. The summed E-state index contributed by atoms with van der Waals surface area (Å²) in [5.74, 6) is 0.617. The Kier molecular flexibility index (Phi) is 4.61. The maximum absolute atomic E-state index is 12.8. The highest BCUT2D eigenvalue weighted by Crippen LogP contribution is 2.45. The first-order valence-corrected chi connectivity index (χ1v) is 10.0. The summed E-state index contributed by atoms with van der Waals surface area (Å²) in [5, 5.41) is 0. The summed E-state index contributed by atoms with van der Waals surface area (Å²) >= 11 is 0. The van der Waals surface area contributed by atoms with E-state index < -0.39 is 15.6 Å².